The van der Waals surface area contributed by atoms with Crippen molar-refractivity contribution >= 4 is 81.0 Å². The fraction of sp³-hybridized carbons (Fsp3) is 0.182. The van der Waals surface area contributed by atoms with Crippen LogP contribution in [0.25, 0.3) is 6.08 Å². The van der Waals surface area contributed by atoms with E-state index in [0.29, 0.717) is 37.0 Å². The zero-order valence-corrected chi connectivity index (χ0v) is 20.8. The van der Waals surface area contributed by atoms with Gasteiger partial charge in [-0.25, -0.2) is 0 Å². The molecule has 3 rings (SSSR count). The number of rotatable bonds is 9. The van der Waals surface area contributed by atoms with Crippen molar-refractivity contribution in [1.82, 2.24) is 4.90 Å². The van der Waals surface area contributed by atoms with Gasteiger partial charge in [-0.2, -0.15) is 0 Å². The van der Waals surface area contributed by atoms with Gasteiger partial charge in [-0.3, -0.25) is 19.3 Å². The molecule has 8 nitrogen and oxygen atoms in total. The topological polar surface area (TPSA) is 105 Å². The molecule has 2 N–H and O–H groups in total. The number of halogens is 2. The van der Waals surface area contributed by atoms with Crippen LogP contribution in [-0.4, -0.2) is 52.4 Å². The van der Waals surface area contributed by atoms with Crippen LogP contribution >= 0.6 is 47.2 Å². The predicted octanol–water partition coefficient (Wildman–Crippen LogP) is 4.70. The number of thioether (sulfide) groups is 1. The van der Waals surface area contributed by atoms with Gasteiger partial charge < -0.3 is 19.9 Å². The molecule has 0 aromatic heterocycles. The number of benzene rings is 2. The predicted molar refractivity (Wildman–Crippen MR) is 136 cm³/mol. The lowest BCUT2D eigenvalue weighted by Gasteiger charge is -2.13. The zero-order chi connectivity index (χ0) is 24.8. The van der Waals surface area contributed by atoms with Gasteiger partial charge in [0.05, 0.1) is 34.2 Å². The van der Waals surface area contributed by atoms with E-state index in [4.69, 9.17) is 50.0 Å². The highest BCUT2D eigenvalue weighted by molar-refractivity contribution is 8.26. The minimum atomic E-state index is -1.01. The van der Waals surface area contributed by atoms with Crippen molar-refractivity contribution < 1.29 is 29.0 Å². The molecule has 2 aromatic carbocycles. The van der Waals surface area contributed by atoms with Gasteiger partial charge in [0.25, 0.3) is 11.8 Å². The van der Waals surface area contributed by atoms with Crippen LogP contribution in [0.2, 0.25) is 10.0 Å². The number of carboxylic acid groups (broad SMARTS) is 1. The highest BCUT2D eigenvalue weighted by Gasteiger charge is 2.32. The molecular weight excluding hydrogens is 523 g/mol. The SMILES string of the molecule is COc1cc(/C=C2\SC(=S)N(CCC(=O)O)C2=O)ccc1OCC(=O)Nc1cccc(Cl)c1Cl. The molecule has 0 saturated carbocycles. The quantitative estimate of drug-likeness (QED) is 0.348. The third kappa shape index (κ3) is 6.41. The minimum Gasteiger partial charge on any atom is -0.493 e. The molecule has 1 fully saturated rings. The summed E-state index contributed by atoms with van der Waals surface area (Å²) in [4.78, 5) is 37.2. The molecule has 2 amide bonds. The smallest absolute Gasteiger partial charge is 0.305 e. The second kappa shape index (κ2) is 11.6. The molecule has 0 aliphatic carbocycles. The highest BCUT2D eigenvalue weighted by Crippen LogP contribution is 2.35. The largest absolute Gasteiger partial charge is 0.493 e. The molecule has 0 radical (unpaired) electrons. The van der Waals surface area contributed by atoms with Gasteiger partial charge in [-0.15, -0.1) is 0 Å². The van der Waals surface area contributed by atoms with E-state index in [1.807, 2.05) is 0 Å². The lowest BCUT2D eigenvalue weighted by molar-refractivity contribution is -0.137. The summed E-state index contributed by atoms with van der Waals surface area (Å²) < 4.78 is 11.2. The van der Waals surface area contributed by atoms with Gasteiger partial charge in [0.2, 0.25) is 0 Å². The maximum Gasteiger partial charge on any atom is 0.305 e. The Kier molecular flexibility index (Phi) is 8.78. The number of nitrogens with one attached hydrogen (secondary N) is 1. The molecule has 0 unspecified atom stereocenters. The lowest BCUT2D eigenvalue weighted by Crippen LogP contribution is -2.30. The van der Waals surface area contributed by atoms with Gasteiger partial charge in [0, 0.05) is 6.54 Å². The first kappa shape index (κ1) is 25.8. The van der Waals surface area contributed by atoms with E-state index in [9.17, 15) is 14.4 Å². The summed E-state index contributed by atoms with van der Waals surface area (Å²) in [7, 11) is 1.45. The van der Waals surface area contributed by atoms with Crippen molar-refractivity contribution in [3.05, 3.63) is 56.9 Å². The number of carboxylic acids is 1. The first-order valence-corrected chi connectivity index (χ1v) is 11.7. The Hall–Kier alpha value is -2.79. The molecule has 0 spiro atoms. The molecule has 1 aliphatic heterocycles. The van der Waals surface area contributed by atoms with Crippen LogP contribution in [0, 0.1) is 0 Å². The summed E-state index contributed by atoms with van der Waals surface area (Å²) in [6, 6.07) is 9.82. The van der Waals surface area contributed by atoms with E-state index in [2.05, 4.69) is 5.32 Å². The van der Waals surface area contributed by atoms with Crippen LogP contribution in [-0.2, 0) is 14.4 Å². The van der Waals surface area contributed by atoms with Crippen molar-refractivity contribution in [3.63, 3.8) is 0 Å². The van der Waals surface area contributed by atoms with E-state index in [0.717, 1.165) is 11.8 Å². The summed E-state index contributed by atoms with van der Waals surface area (Å²) in [6.45, 7) is -0.295. The zero-order valence-electron chi connectivity index (χ0n) is 17.7. The summed E-state index contributed by atoms with van der Waals surface area (Å²) >= 11 is 18.3. The molecule has 178 valence electrons. The normalized spacial score (nSPS) is 14.4. The fourth-order valence-electron chi connectivity index (χ4n) is 2.87. The molecule has 1 heterocycles. The molecular formula is C22H18Cl2N2O6S2. The Balaban J connectivity index is 1.67. The van der Waals surface area contributed by atoms with Crippen molar-refractivity contribution in [2.45, 2.75) is 6.42 Å². The summed E-state index contributed by atoms with van der Waals surface area (Å²) in [5.74, 6) is -1.14. The second-order valence-corrected chi connectivity index (χ2v) is 9.29. The Morgan fingerprint density at radius 3 is 2.71 bits per heavy atom. The van der Waals surface area contributed by atoms with E-state index >= 15 is 0 Å². The number of anilines is 1. The first-order valence-electron chi connectivity index (χ1n) is 9.71. The lowest BCUT2D eigenvalue weighted by atomic mass is 10.2. The van der Waals surface area contributed by atoms with Crippen LogP contribution in [0.4, 0.5) is 5.69 Å². The number of hydrogen-bond donors (Lipinski definition) is 2. The molecule has 1 aliphatic rings. The van der Waals surface area contributed by atoms with E-state index in [1.54, 1.807) is 42.5 Å². The van der Waals surface area contributed by atoms with Crippen LogP contribution < -0.4 is 14.8 Å². The molecule has 2 aromatic rings. The Morgan fingerprint density at radius 1 is 1.24 bits per heavy atom. The number of nitrogens with zero attached hydrogens (tertiary/aromatic N) is 1. The first-order chi connectivity index (χ1) is 16.2. The standard InChI is InChI=1S/C22H18Cl2N2O6S2/c1-31-16-9-12(10-17-21(30)26(22(33)34-17)8-7-19(28)29)5-6-15(16)32-11-18(27)25-14-4-2-3-13(23)20(14)24/h2-6,9-10H,7-8,11H2,1H3,(H,25,27)(H,28,29)/b17-10-. The van der Waals surface area contributed by atoms with E-state index in [1.165, 1.54) is 12.0 Å². The minimum absolute atomic E-state index is 0.00982. The number of carbonyl (C=O) groups excluding carboxylic acids is 2. The third-order valence-corrected chi connectivity index (χ3v) is 6.69. The number of carbonyl (C=O) groups is 3. The summed E-state index contributed by atoms with van der Waals surface area (Å²) in [6.07, 6.45) is 1.43. The van der Waals surface area contributed by atoms with Gasteiger partial charge in [0.15, 0.2) is 18.1 Å². The van der Waals surface area contributed by atoms with Gasteiger partial charge in [-0.1, -0.05) is 59.3 Å². The Bertz CT molecular complexity index is 1190. The van der Waals surface area contributed by atoms with Gasteiger partial charge in [-0.05, 0) is 35.9 Å². The number of hydrogen-bond acceptors (Lipinski definition) is 7. The van der Waals surface area contributed by atoms with Crippen molar-refractivity contribution in [2.24, 2.45) is 0 Å². The van der Waals surface area contributed by atoms with Crippen molar-refractivity contribution in [2.75, 3.05) is 25.6 Å². The highest BCUT2D eigenvalue weighted by atomic mass is 35.5. The molecule has 0 bridgehead atoms. The number of ether oxygens (including phenoxy) is 2. The average Bonchev–Trinajstić information content (AvgIpc) is 3.06. The summed E-state index contributed by atoms with van der Waals surface area (Å²) in [5, 5.41) is 12.0. The number of aliphatic carboxylic acids is 1. The maximum atomic E-state index is 12.6. The number of methoxy groups -OCH3 is 1. The van der Waals surface area contributed by atoms with E-state index in [-0.39, 0.29) is 30.5 Å². The third-order valence-electron chi connectivity index (χ3n) is 4.49. The Morgan fingerprint density at radius 2 is 2.00 bits per heavy atom. The van der Waals surface area contributed by atoms with Crippen LogP contribution in [0.5, 0.6) is 11.5 Å². The van der Waals surface area contributed by atoms with Crippen molar-refractivity contribution in [3.8, 4) is 11.5 Å². The van der Waals surface area contributed by atoms with E-state index < -0.39 is 11.9 Å². The fourth-order valence-corrected chi connectivity index (χ4v) is 4.53. The number of amides is 2. The van der Waals surface area contributed by atoms with Crippen LogP contribution in [0.1, 0.15) is 12.0 Å². The second-order valence-electron chi connectivity index (χ2n) is 6.83. The molecule has 0 atom stereocenters. The molecule has 1 saturated heterocycles. The molecule has 34 heavy (non-hydrogen) atoms. The molecule has 12 heteroatoms. The Labute approximate surface area is 214 Å². The number of thiocarbonyl (C=S) groups is 1. The monoisotopic (exact) mass is 540 g/mol. The van der Waals surface area contributed by atoms with Crippen LogP contribution in [0.3, 0.4) is 0 Å². The average molecular weight is 541 g/mol. The van der Waals surface area contributed by atoms with Gasteiger partial charge in [0.1, 0.15) is 4.32 Å². The van der Waals surface area contributed by atoms with Gasteiger partial charge >= 0.3 is 5.97 Å². The maximum absolute atomic E-state index is 12.6. The van der Waals surface area contributed by atoms with Crippen molar-refractivity contribution in [1.29, 1.82) is 0 Å². The van der Waals surface area contributed by atoms with Crippen LogP contribution in [0.15, 0.2) is 41.3 Å². The summed E-state index contributed by atoms with van der Waals surface area (Å²) in [5.41, 5.74) is 1.00.